The molecule has 1 N–H and O–H groups in total. The summed E-state index contributed by atoms with van der Waals surface area (Å²) in [7, 11) is 4.15. The van der Waals surface area contributed by atoms with E-state index < -0.39 is 0 Å². The Morgan fingerprint density at radius 3 is 2.00 bits per heavy atom. The summed E-state index contributed by atoms with van der Waals surface area (Å²) in [5.74, 6) is 1.59. The maximum absolute atomic E-state index is 4.67. The summed E-state index contributed by atoms with van der Waals surface area (Å²) < 4.78 is 0. The number of nitrogens with zero attached hydrogens (tertiary/aromatic N) is 4. The zero-order chi connectivity index (χ0) is 31.8. The van der Waals surface area contributed by atoms with Gasteiger partial charge in [0.05, 0.1) is 29.2 Å². The van der Waals surface area contributed by atoms with Crippen LogP contribution in [-0.4, -0.2) is 33.9 Å². The minimum atomic E-state index is -0.0328. The third kappa shape index (κ3) is 6.71. The van der Waals surface area contributed by atoms with Gasteiger partial charge >= 0.3 is 0 Å². The van der Waals surface area contributed by atoms with Crippen molar-refractivity contribution in [1.82, 2.24) is 25.1 Å². The molecule has 5 heteroatoms. The minimum Gasteiger partial charge on any atom is -0.375 e. The second kappa shape index (κ2) is 12.4. The second-order valence-corrected chi connectivity index (χ2v) is 13.6. The number of fused-ring (bicyclic) bond motifs is 3. The second-order valence-electron chi connectivity index (χ2n) is 13.6. The van der Waals surface area contributed by atoms with Gasteiger partial charge in [-0.3, -0.25) is 9.97 Å². The van der Waals surface area contributed by atoms with Gasteiger partial charge in [-0.15, -0.1) is 0 Å². The molecule has 0 bridgehead atoms. The maximum Gasteiger partial charge on any atom is 0.0913 e. The highest BCUT2D eigenvalue weighted by atomic mass is 15.1. The quantitative estimate of drug-likeness (QED) is 0.337. The topological polar surface area (TPSA) is 44.3 Å². The molecule has 0 spiro atoms. The first-order valence-corrected chi connectivity index (χ1v) is 15.5. The van der Waals surface area contributed by atoms with Crippen LogP contribution in [0.25, 0.3) is 17.1 Å². The van der Waals surface area contributed by atoms with E-state index in [9.17, 15) is 0 Å². The third-order valence-electron chi connectivity index (χ3n) is 8.73. The fourth-order valence-corrected chi connectivity index (χ4v) is 5.68. The Morgan fingerprint density at radius 1 is 0.767 bits per heavy atom. The highest BCUT2D eigenvalue weighted by Gasteiger charge is 2.32. The van der Waals surface area contributed by atoms with Gasteiger partial charge in [0.25, 0.3) is 0 Å². The number of benzene rings is 1. The molecule has 5 heterocycles. The zero-order valence-corrected chi connectivity index (χ0v) is 28.1. The van der Waals surface area contributed by atoms with Gasteiger partial charge in [0.15, 0.2) is 0 Å². The Balaban J connectivity index is 0.000000148. The van der Waals surface area contributed by atoms with E-state index in [4.69, 9.17) is 0 Å². The maximum atomic E-state index is 4.67. The zero-order valence-electron chi connectivity index (χ0n) is 28.1. The number of pyridine rings is 2. The van der Waals surface area contributed by atoms with E-state index in [1.54, 1.807) is 0 Å². The molecule has 228 valence electrons. The Labute approximate surface area is 260 Å². The normalized spacial score (nSPS) is 16.1. The Hall–Kier alpha value is -3.86. The van der Waals surface area contributed by atoms with Crippen LogP contribution in [0.5, 0.6) is 0 Å². The lowest BCUT2D eigenvalue weighted by Gasteiger charge is -2.19. The molecule has 0 aliphatic carbocycles. The van der Waals surface area contributed by atoms with Crippen LogP contribution < -0.4 is 5.32 Å². The summed E-state index contributed by atoms with van der Waals surface area (Å²) in [6.45, 7) is 31.5. The van der Waals surface area contributed by atoms with E-state index in [1.165, 1.54) is 33.4 Å². The van der Waals surface area contributed by atoms with Crippen LogP contribution in [0.4, 0.5) is 0 Å². The van der Waals surface area contributed by atoms with Crippen molar-refractivity contribution in [2.24, 2.45) is 0 Å². The molecule has 43 heavy (non-hydrogen) atoms. The number of hydrogen-bond donors (Lipinski definition) is 1. The molecule has 3 aliphatic heterocycles. The molecule has 6 rings (SSSR count). The molecule has 0 atom stereocenters. The van der Waals surface area contributed by atoms with Crippen LogP contribution in [0.2, 0.25) is 0 Å². The molecule has 0 unspecified atom stereocenters. The van der Waals surface area contributed by atoms with Gasteiger partial charge in [-0.2, -0.15) is 0 Å². The Morgan fingerprint density at radius 2 is 1.37 bits per heavy atom. The Kier molecular flexibility index (Phi) is 9.24. The molecule has 2 aromatic heterocycles. The SMILES string of the molecule is C=C1NC(C)(C)c2ccc(C(C)C)nc21.C=C1c2cc(C(C)C)ccc2CN1C.C=C1c2cc(C(C)C)cnc2CN1C. The van der Waals surface area contributed by atoms with Crippen molar-refractivity contribution >= 4 is 17.1 Å². The molecule has 0 radical (unpaired) electrons. The van der Waals surface area contributed by atoms with Gasteiger partial charge in [0.1, 0.15) is 0 Å². The highest BCUT2D eigenvalue weighted by molar-refractivity contribution is 5.70. The summed E-state index contributed by atoms with van der Waals surface area (Å²) >= 11 is 0. The molecular weight excluding hydrogens is 526 g/mol. The molecule has 0 saturated carbocycles. The molecule has 0 saturated heterocycles. The molecule has 1 aromatic carbocycles. The van der Waals surface area contributed by atoms with E-state index in [0.29, 0.717) is 17.8 Å². The smallest absolute Gasteiger partial charge is 0.0913 e. The monoisotopic (exact) mass is 577 g/mol. The van der Waals surface area contributed by atoms with Crippen molar-refractivity contribution in [3.8, 4) is 0 Å². The van der Waals surface area contributed by atoms with Gasteiger partial charge < -0.3 is 15.1 Å². The van der Waals surface area contributed by atoms with Gasteiger partial charge in [0.2, 0.25) is 0 Å². The number of aromatic nitrogens is 2. The molecule has 3 aliphatic rings. The van der Waals surface area contributed by atoms with E-state index in [1.807, 2.05) is 6.20 Å². The molecule has 5 nitrogen and oxygen atoms in total. The first kappa shape index (κ1) is 32.1. The van der Waals surface area contributed by atoms with Crippen molar-refractivity contribution in [3.63, 3.8) is 0 Å². The standard InChI is InChI=1S/C13H18N2.C13H17N.C12H16N2/c1-8(2)11-7-6-10-12(14-11)9(3)15-13(10,4)5;1-9(2)11-5-6-12-8-14(4)10(3)13(12)7-11;1-8(2)10-5-11-9(3)14(4)7-12(11)13-6-10/h6-8,15H,3H2,1-2,4-5H3;5-7,9H,3,8H2,1-2,4H3;5-6,8H,3,7H2,1-2,4H3. The van der Waals surface area contributed by atoms with Crippen LogP contribution in [0.1, 0.15) is 124 Å². The van der Waals surface area contributed by atoms with Crippen LogP contribution in [0.3, 0.4) is 0 Å². The van der Waals surface area contributed by atoms with Crippen LogP contribution in [-0.2, 0) is 18.6 Å². The average Bonchev–Trinajstić information content (AvgIpc) is 3.50. The largest absolute Gasteiger partial charge is 0.375 e. The lowest BCUT2D eigenvalue weighted by atomic mass is 9.96. The van der Waals surface area contributed by atoms with Crippen LogP contribution in [0.15, 0.2) is 62.3 Å². The molecule has 3 aromatic rings. The van der Waals surface area contributed by atoms with E-state index >= 15 is 0 Å². The summed E-state index contributed by atoms with van der Waals surface area (Å²) in [6.07, 6.45) is 1.98. The fourth-order valence-electron chi connectivity index (χ4n) is 5.68. The van der Waals surface area contributed by atoms with Gasteiger partial charge in [-0.25, -0.2) is 0 Å². The first-order chi connectivity index (χ1) is 20.1. The molecular formula is C38H51N5. The summed E-state index contributed by atoms with van der Waals surface area (Å²) in [5, 5.41) is 3.37. The van der Waals surface area contributed by atoms with Crippen LogP contribution >= 0.6 is 0 Å². The van der Waals surface area contributed by atoms with E-state index in [2.05, 4.69) is 151 Å². The summed E-state index contributed by atoms with van der Waals surface area (Å²) in [5.41, 5.74) is 14.4. The van der Waals surface area contributed by atoms with Crippen molar-refractivity contribution in [3.05, 3.63) is 113 Å². The predicted octanol–water partition coefficient (Wildman–Crippen LogP) is 8.86. The lowest BCUT2D eigenvalue weighted by molar-refractivity contribution is 0.496. The van der Waals surface area contributed by atoms with Gasteiger partial charge in [-0.05, 0) is 66.5 Å². The van der Waals surface area contributed by atoms with Crippen LogP contribution in [0, 0.1) is 0 Å². The minimum absolute atomic E-state index is 0.0328. The molecule has 0 fully saturated rings. The average molecular weight is 578 g/mol. The molecule has 0 amide bonds. The summed E-state index contributed by atoms with van der Waals surface area (Å²) in [4.78, 5) is 13.5. The third-order valence-corrected chi connectivity index (χ3v) is 8.73. The van der Waals surface area contributed by atoms with Gasteiger partial charge in [-0.1, -0.05) is 79.5 Å². The van der Waals surface area contributed by atoms with Crippen molar-refractivity contribution in [2.45, 2.75) is 91.8 Å². The van der Waals surface area contributed by atoms with E-state index in [0.717, 1.165) is 47.3 Å². The van der Waals surface area contributed by atoms with Gasteiger partial charge in [0, 0.05) is 60.6 Å². The first-order valence-electron chi connectivity index (χ1n) is 15.5. The lowest BCUT2D eigenvalue weighted by Crippen LogP contribution is -2.28. The van der Waals surface area contributed by atoms with Crippen molar-refractivity contribution in [1.29, 1.82) is 0 Å². The van der Waals surface area contributed by atoms with Crippen molar-refractivity contribution in [2.75, 3.05) is 14.1 Å². The number of hydrogen-bond acceptors (Lipinski definition) is 5. The highest BCUT2D eigenvalue weighted by Crippen LogP contribution is 2.35. The number of nitrogens with one attached hydrogen (secondary N) is 1. The predicted molar refractivity (Wildman–Crippen MR) is 183 cm³/mol. The Bertz CT molecular complexity index is 1470. The fraction of sp³-hybridized carbons (Fsp3) is 0.421. The number of rotatable bonds is 3. The van der Waals surface area contributed by atoms with E-state index in [-0.39, 0.29) is 5.54 Å². The summed E-state index contributed by atoms with van der Waals surface area (Å²) in [6, 6.07) is 13.3. The van der Waals surface area contributed by atoms with Crippen molar-refractivity contribution < 1.29 is 0 Å².